The van der Waals surface area contributed by atoms with E-state index in [1.165, 1.54) is 27.5 Å². The van der Waals surface area contributed by atoms with Crippen molar-refractivity contribution < 1.29 is 4.42 Å². The van der Waals surface area contributed by atoms with Crippen LogP contribution in [0, 0.1) is 13.8 Å². The number of aryl methyl sites for hydroxylation is 2. The van der Waals surface area contributed by atoms with E-state index in [2.05, 4.69) is 97.7 Å². The molecule has 0 aliphatic heterocycles. The predicted molar refractivity (Wildman–Crippen MR) is 145 cm³/mol. The van der Waals surface area contributed by atoms with Gasteiger partial charge >= 0.3 is 0 Å². The Kier molecular flexibility index (Phi) is 4.27. The number of hydrogen-bond donors (Lipinski definition) is 0. The molecule has 0 aliphatic carbocycles. The maximum absolute atomic E-state index is 6.56. The second-order valence-corrected chi connectivity index (χ2v) is 9.14. The van der Waals surface area contributed by atoms with E-state index in [1.54, 1.807) is 0 Å². The van der Waals surface area contributed by atoms with Gasteiger partial charge in [-0.1, -0.05) is 54.6 Å². The number of pyridine rings is 2. The molecule has 0 amide bonds. The van der Waals surface area contributed by atoms with Crippen LogP contribution in [0.2, 0.25) is 0 Å². The average Bonchev–Trinajstić information content (AvgIpc) is 3.29. The van der Waals surface area contributed by atoms with Gasteiger partial charge in [-0.3, -0.25) is 9.97 Å². The van der Waals surface area contributed by atoms with Crippen molar-refractivity contribution in [1.82, 2.24) is 9.97 Å². The Morgan fingerprint density at radius 1 is 0.600 bits per heavy atom. The highest BCUT2D eigenvalue weighted by atomic mass is 16.3. The topological polar surface area (TPSA) is 38.9 Å². The average molecular weight is 451 g/mol. The van der Waals surface area contributed by atoms with E-state index < -0.39 is 0 Å². The van der Waals surface area contributed by atoms with Crippen LogP contribution in [0.25, 0.3) is 66.0 Å². The van der Waals surface area contributed by atoms with E-state index in [0.29, 0.717) is 0 Å². The van der Waals surface area contributed by atoms with E-state index in [9.17, 15) is 0 Å². The number of furan rings is 1. The van der Waals surface area contributed by atoms with Crippen molar-refractivity contribution in [3.8, 4) is 22.4 Å². The summed E-state index contributed by atoms with van der Waals surface area (Å²) in [5, 5.41) is 5.72. The molecule has 0 unspecified atom stereocenters. The summed E-state index contributed by atoms with van der Waals surface area (Å²) in [6.45, 7) is 4.29. The van der Waals surface area contributed by atoms with Crippen LogP contribution in [0.5, 0.6) is 0 Å². The Labute approximate surface area is 202 Å². The number of rotatable bonds is 2. The number of benzene rings is 4. The van der Waals surface area contributed by atoms with Crippen molar-refractivity contribution in [3.05, 3.63) is 108 Å². The van der Waals surface area contributed by atoms with Crippen molar-refractivity contribution in [2.45, 2.75) is 13.8 Å². The largest absolute Gasteiger partial charge is 0.455 e. The van der Waals surface area contributed by atoms with E-state index >= 15 is 0 Å². The van der Waals surface area contributed by atoms with Crippen molar-refractivity contribution in [1.29, 1.82) is 0 Å². The Balaban J connectivity index is 1.47. The van der Waals surface area contributed by atoms with E-state index in [0.717, 1.165) is 49.7 Å². The summed E-state index contributed by atoms with van der Waals surface area (Å²) in [5.41, 5.74) is 9.48. The van der Waals surface area contributed by atoms with Crippen LogP contribution in [0.1, 0.15) is 11.1 Å². The SMILES string of the molecule is Cc1cnc(-c2cccc3c2oc2c4ccccc4ccc32)cc1-c1ccc2ncccc2c1C. The van der Waals surface area contributed by atoms with Crippen molar-refractivity contribution in [3.63, 3.8) is 0 Å². The Morgan fingerprint density at radius 3 is 2.37 bits per heavy atom. The van der Waals surface area contributed by atoms with Gasteiger partial charge in [0, 0.05) is 39.5 Å². The first-order valence-electron chi connectivity index (χ1n) is 11.8. The summed E-state index contributed by atoms with van der Waals surface area (Å²) in [6, 6.07) is 29.6. The summed E-state index contributed by atoms with van der Waals surface area (Å²) >= 11 is 0. The fraction of sp³-hybridized carbons (Fsp3) is 0.0625. The quantitative estimate of drug-likeness (QED) is 0.265. The molecule has 35 heavy (non-hydrogen) atoms. The monoisotopic (exact) mass is 450 g/mol. The molecule has 3 heterocycles. The third-order valence-corrected chi connectivity index (χ3v) is 7.11. The third-order valence-electron chi connectivity index (χ3n) is 7.11. The van der Waals surface area contributed by atoms with Crippen molar-refractivity contribution in [2.75, 3.05) is 0 Å². The number of nitrogens with zero attached hydrogens (tertiary/aromatic N) is 2. The molecule has 0 saturated carbocycles. The van der Waals surface area contributed by atoms with E-state index in [-0.39, 0.29) is 0 Å². The lowest BCUT2D eigenvalue weighted by atomic mass is 9.93. The minimum atomic E-state index is 0.876. The van der Waals surface area contributed by atoms with Gasteiger partial charge in [0.05, 0.1) is 11.2 Å². The zero-order chi connectivity index (χ0) is 23.5. The van der Waals surface area contributed by atoms with Crippen LogP contribution in [-0.4, -0.2) is 9.97 Å². The molecular weight excluding hydrogens is 428 g/mol. The minimum Gasteiger partial charge on any atom is -0.455 e. The first-order chi connectivity index (χ1) is 17.2. The standard InChI is InChI=1S/C32H22N2O/c1-19-18-34-30(17-28(19)22-14-15-29-23(20(22)2)11-6-16-33-29)27-10-5-9-25-26-13-12-21-7-3-4-8-24(21)31(26)35-32(25)27/h3-18H,1-2H3. The van der Waals surface area contributed by atoms with Crippen LogP contribution in [0.3, 0.4) is 0 Å². The van der Waals surface area contributed by atoms with Gasteiger partial charge < -0.3 is 4.42 Å². The molecule has 0 aliphatic rings. The van der Waals surface area contributed by atoms with Crippen molar-refractivity contribution in [2.24, 2.45) is 0 Å². The molecule has 7 rings (SSSR count). The number of para-hydroxylation sites is 1. The second-order valence-electron chi connectivity index (χ2n) is 9.14. The van der Waals surface area contributed by atoms with Gasteiger partial charge in [0.2, 0.25) is 0 Å². The number of fused-ring (bicyclic) bond motifs is 6. The highest BCUT2D eigenvalue weighted by molar-refractivity contribution is 6.17. The molecule has 0 N–H and O–H groups in total. The third kappa shape index (κ3) is 2.98. The Bertz CT molecular complexity index is 1930. The van der Waals surface area contributed by atoms with Crippen LogP contribution in [-0.2, 0) is 0 Å². The van der Waals surface area contributed by atoms with Gasteiger partial charge in [-0.05, 0) is 71.8 Å². The maximum Gasteiger partial charge on any atom is 0.144 e. The molecule has 0 fully saturated rings. The summed E-state index contributed by atoms with van der Waals surface area (Å²) in [7, 11) is 0. The lowest BCUT2D eigenvalue weighted by molar-refractivity contribution is 0.673. The first-order valence-corrected chi connectivity index (χ1v) is 11.8. The Morgan fingerprint density at radius 2 is 1.43 bits per heavy atom. The predicted octanol–water partition coefficient (Wildman–Crippen LogP) is 8.63. The molecule has 0 atom stereocenters. The van der Waals surface area contributed by atoms with Gasteiger partial charge in [-0.2, -0.15) is 0 Å². The molecule has 0 spiro atoms. The summed E-state index contributed by atoms with van der Waals surface area (Å²) in [4.78, 5) is 9.35. The molecule has 0 radical (unpaired) electrons. The van der Waals surface area contributed by atoms with Gasteiger partial charge in [-0.15, -0.1) is 0 Å². The van der Waals surface area contributed by atoms with Crippen LogP contribution in [0.4, 0.5) is 0 Å². The fourth-order valence-electron chi connectivity index (χ4n) is 5.28. The van der Waals surface area contributed by atoms with E-state index in [1.807, 2.05) is 18.5 Å². The molecule has 3 heteroatoms. The lowest BCUT2D eigenvalue weighted by Gasteiger charge is -2.13. The van der Waals surface area contributed by atoms with Crippen LogP contribution in [0.15, 0.2) is 102 Å². The van der Waals surface area contributed by atoms with E-state index in [4.69, 9.17) is 9.40 Å². The van der Waals surface area contributed by atoms with Gasteiger partial charge in [0.1, 0.15) is 11.2 Å². The summed E-state index contributed by atoms with van der Waals surface area (Å²) < 4.78 is 6.56. The molecule has 0 saturated heterocycles. The zero-order valence-electron chi connectivity index (χ0n) is 19.5. The Hall–Kier alpha value is -4.50. The fourth-order valence-corrected chi connectivity index (χ4v) is 5.28. The van der Waals surface area contributed by atoms with Gasteiger partial charge in [0.15, 0.2) is 0 Å². The first kappa shape index (κ1) is 19.9. The smallest absolute Gasteiger partial charge is 0.144 e. The molecule has 7 aromatic rings. The summed E-state index contributed by atoms with van der Waals surface area (Å²) in [5.74, 6) is 0. The van der Waals surface area contributed by atoms with Crippen LogP contribution < -0.4 is 0 Å². The highest BCUT2D eigenvalue weighted by Gasteiger charge is 2.17. The molecular formula is C32H22N2O. The molecule has 3 aromatic heterocycles. The minimum absolute atomic E-state index is 0.876. The van der Waals surface area contributed by atoms with Gasteiger partial charge in [-0.25, -0.2) is 0 Å². The molecule has 0 bridgehead atoms. The second kappa shape index (κ2) is 7.51. The molecule has 166 valence electrons. The lowest BCUT2D eigenvalue weighted by Crippen LogP contribution is -1.93. The summed E-state index contributed by atoms with van der Waals surface area (Å²) in [6.07, 6.45) is 3.81. The van der Waals surface area contributed by atoms with Gasteiger partial charge in [0.25, 0.3) is 0 Å². The number of hydrogen-bond acceptors (Lipinski definition) is 3. The zero-order valence-corrected chi connectivity index (χ0v) is 19.5. The highest BCUT2D eigenvalue weighted by Crippen LogP contribution is 2.39. The normalized spacial score (nSPS) is 11.7. The molecule has 4 aromatic carbocycles. The van der Waals surface area contributed by atoms with Crippen molar-refractivity contribution >= 4 is 43.6 Å². The number of aromatic nitrogens is 2. The van der Waals surface area contributed by atoms with Crippen LogP contribution >= 0.6 is 0 Å². The molecule has 3 nitrogen and oxygen atoms in total. The maximum atomic E-state index is 6.56.